The molecule has 136 valence electrons. The lowest BCUT2D eigenvalue weighted by molar-refractivity contribution is -0.122. The van der Waals surface area contributed by atoms with Crippen molar-refractivity contribution in [2.24, 2.45) is 0 Å². The summed E-state index contributed by atoms with van der Waals surface area (Å²) in [7, 11) is 0. The van der Waals surface area contributed by atoms with Crippen molar-refractivity contribution >= 4 is 28.3 Å². The molecule has 0 saturated carbocycles. The molecule has 6 rings (SSSR count). The van der Waals surface area contributed by atoms with Gasteiger partial charge in [-0.1, -0.05) is 24.3 Å². The highest BCUT2D eigenvalue weighted by Gasteiger charge is 2.42. The third kappa shape index (κ3) is 2.11. The lowest BCUT2D eigenvalue weighted by Gasteiger charge is -2.40. The maximum atomic E-state index is 12.1. The number of β-lactam (4-membered cyclic amide) rings is 1. The minimum absolute atomic E-state index is 0.0635. The number of nitrogens with zero attached hydrogens (tertiary/aromatic N) is 2. The number of H-pyrrole nitrogens is 1. The van der Waals surface area contributed by atoms with Gasteiger partial charge >= 0.3 is 0 Å². The number of hydrogen-bond donors (Lipinski definition) is 2. The summed E-state index contributed by atoms with van der Waals surface area (Å²) in [5.41, 5.74) is 8.45. The Hall–Kier alpha value is -2.82. The molecular weight excluding hydrogens is 336 g/mol. The van der Waals surface area contributed by atoms with Crippen molar-refractivity contribution in [3.05, 3.63) is 52.8 Å². The lowest BCUT2D eigenvalue weighted by atomic mass is 9.82. The van der Waals surface area contributed by atoms with Crippen LogP contribution in [0.15, 0.2) is 30.3 Å². The Kier molecular flexibility index (Phi) is 2.90. The van der Waals surface area contributed by atoms with Crippen LogP contribution in [0.5, 0.6) is 0 Å². The van der Waals surface area contributed by atoms with Gasteiger partial charge in [0.2, 0.25) is 5.91 Å². The molecule has 1 saturated heterocycles. The smallest absolute Gasteiger partial charge is 0.228 e. The topological polar surface area (TPSA) is 61.0 Å². The molecule has 0 radical (unpaired) electrons. The SMILES string of the molecule is Cc1nc2c3c(c(N4CCC4=O)cc2[nH]1)CCC1(Cc2ccccc2C1)N3. The van der Waals surface area contributed by atoms with Crippen molar-refractivity contribution in [1.82, 2.24) is 9.97 Å². The third-order valence-electron chi connectivity index (χ3n) is 6.54. The van der Waals surface area contributed by atoms with E-state index >= 15 is 0 Å². The first-order valence-corrected chi connectivity index (χ1v) is 9.79. The van der Waals surface area contributed by atoms with Crippen LogP contribution in [0.3, 0.4) is 0 Å². The molecule has 0 atom stereocenters. The molecule has 3 heterocycles. The van der Waals surface area contributed by atoms with Gasteiger partial charge in [0.15, 0.2) is 0 Å². The highest BCUT2D eigenvalue weighted by atomic mass is 16.2. The van der Waals surface area contributed by atoms with E-state index in [1.54, 1.807) is 0 Å². The van der Waals surface area contributed by atoms with Gasteiger partial charge in [-0.2, -0.15) is 0 Å². The zero-order valence-electron chi connectivity index (χ0n) is 15.4. The first-order chi connectivity index (χ1) is 13.1. The Morgan fingerprint density at radius 3 is 2.59 bits per heavy atom. The van der Waals surface area contributed by atoms with Crippen molar-refractivity contribution in [3.63, 3.8) is 0 Å². The number of carbonyl (C=O) groups is 1. The molecule has 1 amide bonds. The van der Waals surface area contributed by atoms with Crippen LogP contribution in [0.4, 0.5) is 11.4 Å². The van der Waals surface area contributed by atoms with E-state index in [1.807, 2.05) is 11.8 Å². The molecule has 1 spiro atoms. The highest BCUT2D eigenvalue weighted by Crippen LogP contribution is 2.46. The zero-order valence-corrected chi connectivity index (χ0v) is 15.4. The van der Waals surface area contributed by atoms with E-state index in [2.05, 4.69) is 40.6 Å². The summed E-state index contributed by atoms with van der Waals surface area (Å²) < 4.78 is 0. The molecule has 0 unspecified atom stereocenters. The molecule has 2 N–H and O–H groups in total. The van der Waals surface area contributed by atoms with Gasteiger partial charge < -0.3 is 15.2 Å². The third-order valence-corrected chi connectivity index (χ3v) is 6.54. The summed E-state index contributed by atoms with van der Waals surface area (Å²) in [6, 6.07) is 10.9. The highest BCUT2D eigenvalue weighted by molar-refractivity contribution is 6.05. The number of carbonyl (C=O) groups excluding carboxylic acids is 1. The number of nitrogens with one attached hydrogen (secondary N) is 2. The monoisotopic (exact) mass is 358 g/mol. The van der Waals surface area contributed by atoms with Gasteiger partial charge in [0.25, 0.3) is 0 Å². The quantitative estimate of drug-likeness (QED) is 0.655. The largest absolute Gasteiger partial charge is 0.377 e. The molecular formula is C22H22N4O. The van der Waals surface area contributed by atoms with Gasteiger partial charge in [0, 0.05) is 24.1 Å². The van der Waals surface area contributed by atoms with Gasteiger partial charge in [0.05, 0.1) is 16.9 Å². The van der Waals surface area contributed by atoms with E-state index in [9.17, 15) is 4.79 Å². The standard InChI is InChI=1S/C22H22N4O/c1-13-23-17-10-18(26-9-7-19(26)27)16-6-8-22(25-20(16)21(17)24-13)11-14-4-2-3-5-15(14)12-22/h2-5,10,25H,6-9,11-12H2,1H3,(H,23,24). The van der Waals surface area contributed by atoms with Gasteiger partial charge in [-0.3, -0.25) is 4.79 Å². The number of anilines is 2. The molecule has 3 aliphatic rings. The number of fused-ring (bicyclic) bond motifs is 4. The average Bonchev–Trinajstić information content (AvgIpc) is 3.19. The van der Waals surface area contributed by atoms with Crippen LogP contribution >= 0.6 is 0 Å². The molecule has 0 bridgehead atoms. The second-order valence-electron chi connectivity index (χ2n) is 8.29. The molecule has 2 aliphatic heterocycles. The van der Waals surface area contributed by atoms with E-state index in [4.69, 9.17) is 4.98 Å². The van der Waals surface area contributed by atoms with Gasteiger partial charge in [-0.25, -0.2) is 4.98 Å². The molecule has 1 fully saturated rings. The second-order valence-corrected chi connectivity index (χ2v) is 8.29. The van der Waals surface area contributed by atoms with Gasteiger partial charge in [-0.05, 0) is 49.8 Å². The summed E-state index contributed by atoms with van der Waals surface area (Å²) in [6.45, 7) is 2.81. The first kappa shape index (κ1) is 15.3. The van der Waals surface area contributed by atoms with Crippen LogP contribution in [0.25, 0.3) is 11.0 Å². The number of aromatic amines is 1. The minimum Gasteiger partial charge on any atom is -0.377 e. The molecule has 27 heavy (non-hydrogen) atoms. The fraction of sp³-hybridized carbons (Fsp3) is 0.364. The van der Waals surface area contributed by atoms with Crippen molar-refractivity contribution in [3.8, 4) is 0 Å². The van der Waals surface area contributed by atoms with Crippen LogP contribution < -0.4 is 10.2 Å². The average molecular weight is 358 g/mol. The van der Waals surface area contributed by atoms with E-state index in [0.717, 1.165) is 60.5 Å². The Balaban J connectivity index is 1.49. The molecule has 1 aromatic heterocycles. The summed E-state index contributed by atoms with van der Waals surface area (Å²) in [6.07, 6.45) is 4.83. The fourth-order valence-electron chi connectivity index (χ4n) is 5.15. The zero-order chi connectivity index (χ0) is 18.2. The Morgan fingerprint density at radius 2 is 1.93 bits per heavy atom. The van der Waals surface area contributed by atoms with Crippen molar-refractivity contribution in [1.29, 1.82) is 0 Å². The van der Waals surface area contributed by atoms with Crippen LogP contribution in [-0.2, 0) is 24.1 Å². The van der Waals surface area contributed by atoms with Gasteiger partial charge in [0.1, 0.15) is 11.3 Å². The van der Waals surface area contributed by atoms with Gasteiger partial charge in [-0.15, -0.1) is 0 Å². The number of amides is 1. The molecule has 5 nitrogen and oxygen atoms in total. The molecule has 2 aromatic carbocycles. The van der Waals surface area contributed by atoms with E-state index < -0.39 is 0 Å². The van der Waals surface area contributed by atoms with Crippen molar-refractivity contribution < 1.29 is 4.79 Å². The van der Waals surface area contributed by atoms with Crippen molar-refractivity contribution in [2.45, 2.75) is 44.6 Å². The van der Waals surface area contributed by atoms with E-state index in [0.29, 0.717) is 6.42 Å². The predicted octanol–water partition coefficient (Wildman–Crippen LogP) is 3.50. The molecule has 3 aromatic rings. The van der Waals surface area contributed by atoms with E-state index in [-0.39, 0.29) is 11.4 Å². The normalized spacial score (nSPS) is 19.7. The number of aryl methyl sites for hydroxylation is 1. The summed E-state index contributed by atoms with van der Waals surface area (Å²) in [5, 5.41) is 3.91. The summed E-state index contributed by atoms with van der Waals surface area (Å²) in [5.74, 6) is 1.14. The number of aromatic nitrogens is 2. The second kappa shape index (κ2) is 5.12. The van der Waals surface area contributed by atoms with Crippen LogP contribution in [-0.4, -0.2) is 28.0 Å². The van der Waals surface area contributed by atoms with Crippen LogP contribution in [0.1, 0.15) is 35.4 Å². The maximum absolute atomic E-state index is 12.1. The first-order valence-electron chi connectivity index (χ1n) is 9.79. The van der Waals surface area contributed by atoms with Crippen LogP contribution in [0.2, 0.25) is 0 Å². The molecule has 5 heteroatoms. The number of rotatable bonds is 1. The maximum Gasteiger partial charge on any atom is 0.228 e. The fourth-order valence-corrected chi connectivity index (χ4v) is 5.15. The Bertz CT molecular complexity index is 1090. The lowest BCUT2D eigenvalue weighted by Crippen LogP contribution is -2.46. The van der Waals surface area contributed by atoms with Crippen LogP contribution in [0, 0.1) is 6.92 Å². The number of hydrogen-bond acceptors (Lipinski definition) is 3. The Labute approximate surface area is 157 Å². The summed E-state index contributed by atoms with van der Waals surface area (Å²) in [4.78, 5) is 22.2. The summed E-state index contributed by atoms with van der Waals surface area (Å²) >= 11 is 0. The number of imidazole rings is 1. The van der Waals surface area contributed by atoms with Crippen molar-refractivity contribution in [2.75, 3.05) is 16.8 Å². The molecule has 1 aliphatic carbocycles. The predicted molar refractivity (Wildman–Crippen MR) is 106 cm³/mol. The number of benzene rings is 2. The van der Waals surface area contributed by atoms with E-state index in [1.165, 1.54) is 16.7 Å². The Morgan fingerprint density at radius 1 is 1.15 bits per heavy atom. The minimum atomic E-state index is 0.0635.